The number of carbonyl (C=O) groups excluding carboxylic acids is 2. The van der Waals surface area contributed by atoms with Crippen molar-refractivity contribution in [2.24, 2.45) is 0 Å². The fourth-order valence-electron chi connectivity index (χ4n) is 3.76. The fraction of sp³-hybridized carbons (Fsp3) is 0.227. The Morgan fingerprint density at radius 1 is 1.06 bits per heavy atom. The minimum Gasteiger partial charge on any atom is -0.481 e. The molecule has 0 fully saturated rings. The van der Waals surface area contributed by atoms with Gasteiger partial charge >= 0.3 is 12.1 Å². The van der Waals surface area contributed by atoms with Crippen LogP contribution in [0.25, 0.3) is 11.1 Å². The predicted octanol–water partition coefficient (Wildman–Crippen LogP) is 3.02. The molecule has 3 aromatic rings. The van der Waals surface area contributed by atoms with Crippen LogP contribution in [0.5, 0.6) is 0 Å². The van der Waals surface area contributed by atoms with Crippen LogP contribution >= 0.6 is 0 Å². The number of hydrogen-bond donors (Lipinski definition) is 3. The number of aromatic nitrogens is 2. The summed E-state index contributed by atoms with van der Waals surface area (Å²) in [5.41, 5.74) is 4.06. The summed E-state index contributed by atoms with van der Waals surface area (Å²) in [6, 6.07) is 15.2. The van der Waals surface area contributed by atoms with Crippen molar-refractivity contribution in [3.8, 4) is 11.1 Å². The Labute approximate surface area is 182 Å². The highest BCUT2D eigenvalue weighted by molar-refractivity contribution is 5.99. The first-order chi connectivity index (χ1) is 15.4. The molecule has 10 nitrogen and oxygen atoms in total. The van der Waals surface area contributed by atoms with Gasteiger partial charge in [0.05, 0.1) is 6.42 Å². The number of anilines is 1. The van der Waals surface area contributed by atoms with E-state index in [9.17, 15) is 14.4 Å². The topological polar surface area (TPSA) is 144 Å². The smallest absolute Gasteiger partial charge is 0.412 e. The predicted molar refractivity (Wildman–Crippen MR) is 112 cm³/mol. The molecule has 2 aromatic carbocycles. The lowest BCUT2D eigenvalue weighted by atomic mass is 9.98. The Morgan fingerprint density at radius 2 is 1.69 bits per heavy atom. The van der Waals surface area contributed by atoms with Crippen molar-refractivity contribution in [2.45, 2.75) is 25.3 Å². The quantitative estimate of drug-likeness (QED) is 0.513. The van der Waals surface area contributed by atoms with Gasteiger partial charge in [0.15, 0.2) is 0 Å². The minimum atomic E-state index is -1.06. The number of amides is 2. The van der Waals surface area contributed by atoms with Gasteiger partial charge in [0.2, 0.25) is 11.5 Å². The average molecular weight is 436 g/mol. The van der Waals surface area contributed by atoms with Crippen molar-refractivity contribution in [1.29, 1.82) is 0 Å². The van der Waals surface area contributed by atoms with Crippen LogP contribution in [-0.4, -0.2) is 46.0 Å². The number of carboxylic acid groups (broad SMARTS) is 1. The molecule has 164 valence electrons. The molecule has 2 amide bonds. The number of hydrogen-bond acceptors (Lipinski definition) is 7. The van der Waals surface area contributed by atoms with Gasteiger partial charge in [-0.1, -0.05) is 48.5 Å². The first kappa shape index (κ1) is 21.0. The molecule has 0 radical (unpaired) electrons. The van der Waals surface area contributed by atoms with E-state index in [1.165, 1.54) is 6.92 Å². The molecule has 0 bridgehead atoms. The van der Waals surface area contributed by atoms with Crippen LogP contribution in [-0.2, 0) is 9.53 Å². The summed E-state index contributed by atoms with van der Waals surface area (Å²) < 4.78 is 9.97. The van der Waals surface area contributed by atoms with Crippen LogP contribution in [0.2, 0.25) is 0 Å². The third kappa shape index (κ3) is 4.29. The van der Waals surface area contributed by atoms with Crippen LogP contribution in [0.3, 0.4) is 0 Å². The van der Waals surface area contributed by atoms with E-state index >= 15 is 0 Å². The molecule has 0 spiro atoms. The van der Waals surface area contributed by atoms with E-state index < -0.39 is 24.0 Å². The molecule has 1 aliphatic rings. The van der Waals surface area contributed by atoms with Gasteiger partial charge in [-0.15, -0.1) is 0 Å². The van der Waals surface area contributed by atoms with E-state index in [0.717, 1.165) is 22.3 Å². The van der Waals surface area contributed by atoms with Gasteiger partial charge in [-0.2, -0.15) is 0 Å². The zero-order valence-electron chi connectivity index (χ0n) is 17.1. The Kier molecular flexibility index (Phi) is 5.84. The Morgan fingerprint density at radius 3 is 2.31 bits per heavy atom. The van der Waals surface area contributed by atoms with E-state index in [1.807, 2.05) is 48.5 Å². The second-order valence-electron chi connectivity index (χ2n) is 7.38. The Hall–Kier alpha value is -4.21. The summed E-state index contributed by atoms with van der Waals surface area (Å²) in [6.07, 6.45) is -1.10. The lowest BCUT2D eigenvalue weighted by Crippen LogP contribution is -2.35. The number of aliphatic carboxylic acids is 1. The van der Waals surface area contributed by atoms with E-state index in [-0.39, 0.29) is 30.5 Å². The van der Waals surface area contributed by atoms with Gasteiger partial charge in [0, 0.05) is 12.0 Å². The monoisotopic (exact) mass is 436 g/mol. The third-order valence-electron chi connectivity index (χ3n) is 5.13. The van der Waals surface area contributed by atoms with E-state index in [4.69, 9.17) is 9.84 Å². The summed E-state index contributed by atoms with van der Waals surface area (Å²) in [7, 11) is 0. The number of nitrogens with one attached hydrogen (secondary N) is 2. The van der Waals surface area contributed by atoms with E-state index in [1.54, 1.807) is 0 Å². The summed E-state index contributed by atoms with van der Waals surface area (Å²) in [4.78, 5) is 35.4. The van der Waals surface area contributed by atoms with Gasteiger partial charge in [0.25, 0.3) is 5.91 Å². The third-order valence-corrected chi connectivity index (χ3v) is 5.13. The molecule has 0 unspecified atom stereocenters. The Balaban J connectivity index is 1.40. The van der Waals surface area contributed by atoms with Crippen molar-refractivity contribution in [2.75, 3.05) is 11.9 Å². The van der Waals surface area contributed by atoms with Crippen molar-refractivity contribution < 1.29 is 28.9 Å². The molecule has 1 aromatic heterocycles. The van der Waals surface area contributed by atoms with Crippen molar-refractivity contribution >= 4 is 23.8 Å². The van der Waals surface area contributed by atoms with Crippen LogP contribution in [0.4, 0.5) is 10.6 Å². The molecule has 4 rings (SSSR count). The van der Waals surface area contributed by atoms with Gasteiger partial charge in [-0.3, -0.25) is 14.9 Å². The second kappa shape index (κ2) is 8.88. The lowest BCUT2D eigenvalue weighted by molar-refractivity contribution is -0.137. The molecule has 1 atom stereocenters. The van der Waals surface area contributed by atoms with Gasteiger partial charge in [0.1, 0.15) is 6.61 Å². The molecule has 0 aliphatic heterocycles. The normalized spacial score (nSPS) is 13.0. The number of benzene rings is 2. The number of carboxylic acids is 1. The maximum Gasteiger partial charge on any atom is 0.412 e. The van der Waals surface area contributed by atoms with Gasteiger partial charge < -0.3 is 15.2 Å². The SMILES string of the molecule is C[C@H](CC(=O)O)NC(=O)c1nonc1NC(=O)OCC1c2ccccc2-c2ccccc21. The molecule has 0 saturated heterocycles. The summed E-state index contributed by atoms with van der Waals surface area (Å²) in [5.74, 6) is -2.13. The largest absolute Gasteiger partial charge is 0.481 e. The molecule has 0 saturated carbocycles. The van der Waals surface area contributed by atoms with Crippen LogP contribution in [0.1, 0.15) is 40.9 Å². The summed E-state index contributed by atoms with van der Waals surface area (Å²) in [6.45, 7) is 1.61. The lowest BCUT2D eigenvalue weighted by Gasteiger charge is -2.14. The zero-order valence-corrected chi connectivity index (χ0v) is 17.1. The number of ether oxygens (including phenoxy) is 1. The molecule has 1 heterocycles. The molecule has 10 heteroatoms. The number of fused-ring (bicyclic) bond motifs is 3. The number of carbonyl (C=O) groups is 3. The minimum absolute atomic E-state index is 0.0856. The Bertz CT molecular complexity index is 1130. The van der Waals surface area contributed by atoms with E-state index in [2.05, 4.69) is 25.6 Å². The number of rotatable bonds is 7. The van der Waals surface area contributed by atoms with Crippen LogP contribution in [0.15, 0.2) is 53.2 Å². The molecular formula is C22H20N4O6. The maximum absolute atomic E-state index is 12.4. The molecule has 3 N–H and O–H groups in total. The first-order valence-electron chi connectivity index (χ1n) is 9.91. The standard InChI is InChI=1S/C22H20N4O6/c1-12(10-18(27)28)23-21(29)19-20(26-32-25-19)24-22(30)31-11-17-15-8-4-2-6-13(15)14-7-3-5-9-16(14)17/h2-9,12,17H,10-11H2,1H3,(H,23,29)(H,27,28)(H,24,26,30)/t12-/m1/s1. The van der Waals surface area contributed by atoms with Crippen LogP contribution < -0.4 is 10.6 Å². The molecular weight excluding hydrogens is 416 g/mol. The first-order valence-corrected chi connectivity index (χ1v) is 9.91. The van der Waals surface area contributed by atoms with Crippen molar-refractivity contribution in [3.05, 3.63) is 65.4 Å². The maximum atomic E-state index is 12.4. The highest BCUT2D eigenvalue weighted by Crippen LogP contribution is 2.44. The summed E-state index contributed by atoms with van der Waals surface area (Å²) >= 11 is 0. The highest BCUT2D eigenvalue weighted by Gasteiger charge is 2.29. The second-order valence-corrected chi connectivity index (χ2v) is 7.38. The van der Waals surface area contributed by atoms with Gasteiger partial charge in [-0.25, -0.2) is 9.42 Å². The van der Waals surface area contributed by atoms with Crippen LogP contribution in [0, 0.1) is 0 Å². The van der Waals surface area contributed by atoms with Gasteiger partial charge in [-0.05, 0) is 39.5 Å². The fourth-order valence-corrected chi connectivity index (χ4v) is 3.76. The zero-order chi connectivity index (χ0) is 22.7. The average Bonchev–Trinajstić information content (AvgIpc) is 3.34. The van der Waals surface area contributed by atoms with Crippen molar-refractivity contribution in [3.63, 3.8) is 0 Å². The summed E-state index contributed by atoms with van der Waals surface area (Å²) in [5, 5.41) is 20.6. The van der Waals surface area contributed by atoms with Crippen molar-refractivity contribution in [1.82, 2.24) is 15.6 Å². The molecule has 1 aliphatic carbocycles. The highest BCUT2D eigenvalue weighted by atomic mass is 16.6. The van der Waals surface area contributed by atoms with E-state index in [0.29, 0.717) is 0 Å². The molecule has 32 heavy (non-hydrogen) atoms. The number of nitrogens with zero attached hydrogens (tertiary/aromatic N) is 2.